The molecule has 0 rings (SSSR count). The molecule has 0 spiro atoms. The van der Waals surface area contributed by atoms with Crippen LogP contribution in [0, 0.1) is 0 Å². The fraction of sp³-hybridized carbons (Fsp3) is 0. The van der Waals surface area contributed by atoms with Crippen LogP contribution in [0.15, 0.2) is 0 Å². The molecule has 4 nitrogen and oxygen atoms in total. The van der Waals surface area contributed by atoms with E-state index in [1.165, 1.54) is 0 Å². The Balaban J connectivity index is 0. The predicted molar refractivity (Wildman–Crippen MR) is 2.75 cm³/mol. The Kier molecular flexibility index (Phi) is 28.0. The second-order valence-corrected chi connectivity index (χ2v) is 0.986. The van der Waals surface area contributed by atoms with E-state index >= 15 is 0 Å². The molecule has 0 aromatic rings. The van der Waals surface area contributed by atoms with Crippen molar-refractivity contribution in [3.63, 3.8) is 0 Å². The van der Waals surface area contributed by atoms with Gasteiger partial charge in [0.1, 0.15) is 0 Å². The molecule has 32 valence electrons. The summed E-state index contributed by atoms with van der Waals surface area (Å²) in [6, 6.07) is 0. The summed E-state index contributed by atoms with van der Waals surface area (Å²) < 4.78 is 34.2. The van der Waals surface area contributed by atoms with Crippen LogP contribution in [-0.4, -0.2) is 0 Å². The topological polar surface area (TPSA) is 68.3 Å². The van der Waals surface area contributed by atoms with Crippen LogP contribution in [0.25, 0.3) is 0 Å². The summed E-state index contributed by atoms with van der Waals surface area (Å²) in [7, 11) is 0. The molecule has 0 amide bonds. The van der Waals surface area contributed by atoms with Gasteiger partial charge in [-0.05, 0) is 0 Å². The molecule has 0 radical (unpaired) electrons. The Morgan fingerprint density at radius 3 is 0.667 bits per heavy atom. The standard InChI is InChI=1S/4O.2Zr. The third-order valence-electron chi connectivity index (χ3n) is 0. The van der Waals surface area contributed by atoms with Gasteiger partial charge in [-0.15, -0.1) is 0 Å². The van der Waals surface area contributed by atoms with Crippen LogP contribution < -0.4 is 0 Å². The first kappa shape index (κ1) is 10.1. The number of hydrogen-bond donors (Lipinski definition) is 0. The Morgan fingerprint density at radius 1 is 0.667 bits per heavy atom. The number of hydrogen-bond acceptors (Lipinski definition) is 4. The average Bonchev–Trinajstić information content (AvgIpc) is 1.39. The van der Waals surface area contributed by atoms with Gasteiger partial charge in [-0.1, -0.05) is 0 Å². The molecule has 0 N–H and O–H groups in total. The molecule has 0 saturated heterocycles. The summed E-state index contributed by atoms with van der Waals surface area (Å²) in [5, 5.41) is 0. The molecule has 0 aliphatic rings. The molecule has 0 aliphatic heterocycles. The molecule has 0 aromatic heterocycles. The molecule has 6 heavy (non-hydrogen) atoms. The van der Waals surface area contributed by atoms with Gasteiger partial charge in [0, 0.05) is 0 Å². The van der Waals surface area contributed by atoms with Gasteiger partial charge in [0.2, 0.25) is 0 Å². The Bertz CT molecular complexity index is 59.5. The third-order valence-corrected chi connectivity index (χ3v) is 0. The molecule has 6 heteroatoms. The Labute approximate surface area is 57.2 Å². The second-order valence-electron chi connectivity index (χ2n) is 0.167. The van der Waals surface area contributed by atoms with Crippen LogP contribution >= 0.6 is 0 Å². The van der Waals surface area contributed by atoms with Crippen molar-refractivity contribution in [1.29, 1.82) is 0 Å². The van der Waals surface area contributed by atoms with Gasteiger partial charge in [0.15, 0.2) is 0 Å². The SMILES string of the molecule is [O]=[Zr]=[O].[O]=[Zr]=[O]. The first-order chi connectivity index (χ1) is 2.83. The summed E-state index contributed by atoms with van der Waals surface area (Å²) in [5.41, 5.74) is 0. The number of rotatable bonds is 0. The van der Waals surface area contributed by atoms with Crippen molar-refractivity contribution < 1.29 is 57.7 Å². The molecule has 0 bridgehead atoms. The molecule has 0 unspecified atom stereocenters. The van der Waals surface area contributed by atoms with Crippen molar-refractivity contribution in [2.24, 2.45) is 0 Å². The molecular weight excluding hydrogens is 246 g/mol. The zero-order chi connectivity index (χ0) is 5.41. The minimum absolute atomic E-state index is 2.27. The van der Waals surface area contributed by atoms with E-state index in [2.05, 4.69) is 0 Å². The van der Waals surface area contributed by atoms with Crippen molar-refractivity contribution in [3.05, 3.63) is 0 Å². The van der Waals surface area contributed by atoms with Gasteiger partial charge in [-0.25, -0.2) is 0 Å². The zero-order valence-electron chi connectivity index (χ0n) is 2.63. The van der Waals surface area contributed by atoms with Gasteiger partial charge in [-0.2, -0.15) is 0 Å². The summed E-state index contributed by atoms with van der Waals surface area (Å²) in [6.45, 7) is 0. The van der Waals surface area contributed by atoms with Gasteiger partial charge in [-0.3, -0.25) is 0 Å². The fourth-order valence-corrected chi connectivity index (χ4v) is 0. The van der Waals surface area contributed by atoms with E-state index in [4.69, 9.17) is 11.3 Å². The van der Waals surface area contributed by atoms with E-state index < -0.39 is 46.5 Å². The van der Waals surface area contributed by atoms with Crippen molar-refractivity contribution in [2.75, 3.05) is 0 Å². The van der Waals surface area contributed by atoms with Crippen LogP contribution in [0.4, 0.5) is 0 Å². The van der Waals surface area contributed by atoms with Crippen LogP contribution in [0.1, 0.15) is 0 Å². The van der Waals surface area contributed by atoms with E-state index in [-0.39, 0.29) is 0 Å². The second kappa shape index (κ2) is 16.7. The normalized spacial score (nSPS) is 2.67. The van der Waals surface area contributed by atoms with E-state index in [9.17, 15) is 0 Å². The third kappa shape index (κ3) is 83.7. The summed E-state index contributed by atoms with van der Waals surface area (Å²) >= 11 is -4.54. The first-order valence-electron chi connectivity index (χ1n) is 0.816. The monoisotopic (exact) mass is 244 g/mol. The van der Waals surface area contributed by atoms with Crippen molar-refractivity contribution in [3.8, 4) is 0 Å². The Hall–Kier alpha value is 0.966. The van der Waals surface area contributed by atoms with Crippen LogP contribution in [0.3, 0.4) is 0 Å². The minimum atomic E-state index is -2.27. The van der Waals surface area contributed by atoms with Crippen molar-refractivity contribution in [1.82, 2.24) is 0 Å². The Morgan fingerprint density at radius 2 is 0.667 bits per heavy atom. The molecule has 0 atom stereocenters. The van der Waals surface area contributed by atoms with Gasteiger partial charge in [0.25, 0.3) is 0 Å². The van der Waals surface area contributed by atoms with Gasteiger partial charge in [0.05, 0.1) is 0 Å². The molecular formula is O4Zr2. The van der Waals surface area contributed by atoms with Crippen LogP contribution in [0.5, 0.6) is 0 Å². The molecule has 0 fully saturated rings. The average molecular weight is 246 g/mol. The van der Waals surface area contributed by atoms with E-state index in [0.29, 0.717) is 0 Å². The maximum absolute atomic E-state index is 8.54. The van der Waals surface area contributed by atoms with Gasteiger partial charge < -0.3 is 0 Å². The maximum atomic E-state index is 8.54. The van der Waals surface area contributed by atoms with E-state index in [1.54, 1.807) is 0 Å². The summed E-state index contributed by atoms with van der Waals surface area (Å²) in [5.74, 6) is 0. The van der Waals surface area contributed by atoms with Crippen molar-refractivity contribution >= 4 is 0 Å². The van der Waals surface area contributed by atoms with Crippen LogP contribution in [-0.2, 0) is 57.7 Å². The molecule has 0 saturated carbocycles. The quantitative estimate of drug-likeness (QED) is 0.579. The van der Waals surface area contributed by atoms with Crippen LogP contribution in [0.2, 0.25) is 0 Å². The molecule has 0 aromatic carbocycles. The van der Waals surface area contributed by atoms with Gasteiger partial charge >= 0.3 is 57.7 Å². The molecule has 0 heterocycles. The molecule has 0 aliphatic carbocycles. The predicted octanol–water partition coefficient (Wildman–Crippen LogP) is -0.480. The van der Waals surface area contributed by atoms with E-state index in [1.807, 2.05) is 0 Å². The van der Waals surface area contributed by atoms with Crippen molar-refractivity contribution in [2.45, 2.75) is 0 Å². The summed E-state index contributed by atoms with van der Waals surface area (Å²) in [6.07, 6.45) is 0. The first-order valence-corrected chi connectivity index (χ1v) is 4.83. The summed E-state index contributed by atoms with van der Waals surface area (Å²) in [4.78, 5) is 0. The fourth-order valence-electron chi connectivity index (χ4n) is 0. The zero-order valence-corrected chi connectivity index (χ0v) is 7.55. The van der Waals surface area contributed by atoms with E-state index in [0.717, 1.165) is 0 Å².